The third-order valence-electron chi connectivity index (χ3n) is 2.42. The molecule has 0 radical (unpaired) electrons. The van der Waals surface area contributed by atoms with Gasteiger partial charge in [0, 0.05) is 29.1 Å². The molecular formula is C11H15N3O2S2. The van der Waals surface area contributed by atoms with Crippen molar-refractivity contribution < 1.29 is 9.53 Å². The highest BCUT2D eigenvalue weighted by Gasteiger charge is 2.14. The minimum Gasteiger partial charge on any atom is -0.464 e. The molecule has 1 fully saturated rings. The number of hydrogen-bond donors (Lipinski definition) is 1. The van der Waals surface area contributed by atoms with E-state index in [0.29, 0.717) is 11.1 Å². The van der Waals surface area contributed by atoms with Crippen LogP contribution in [0, 0.1) is 0 Å². The molecule has 0 aliphatic carbocycles. The first-order chi connectivity index (χ1) is 8.79. The predicted molar refractivity (Wildman–Crippen MR) is 75.4 cm³/mol. The maximum atomic E-state index is 11.3. The molecule has 0 bridgehead atoms. The second-order valence-electron chi connectivity index (χ2n) is 3.73. The Labute approximate surface area is 114 Å². The van der Waals surface area contributed by atoms with E-state index >= 15 is 0 Å². The van der Waals surface area contributed by atoms with Gasteiger partial charge in [-0.3, -0.25) is 4.98 Å². The van der Waals surface area contributed by atoms with Gasteiger partial charge in [0.05, 0.1) is 19.5 Å². The van der Waals surface area contributed by atoms with Crippen LogP contribution < -0.4 is 5.32 Å². The number of rotatable bonds is 4. The van der Waals surface area contributed by atoms with Crippen LogP contribution in [0.1, 0.15) is 10.5 Å². The van der Waals surface area contributed by atoms with Gasteiger partial charge in [0.2, 0.25) is 0 Å². The van der Waals surface area contributed by atoms with Crippen LogP contribution >= 0.6 is 23.5 Å². The zero-order valence-electron chi connectivity index (χ0n) is 10.1. The molecule has 1 aliphatic rings. The number of carbonyl (C=O) groups excluding carboxylic acids is 1. The largest absolute Gasteiger partial charge is 0.464 e. The summed E-state index contributed by atoms with van der Waals surface area (Å²) >= 11 is 3.95. The molecule has 0 spiro atoms. The van der Waals surface area contributed by atoms with Crippen LogP contribution in [0.15, 0.2) is 12.4 Å². The Morgan fingerprint density at radius 3 is 3.17 bits per heavy atom. The number of aromatic nitrogens is 2. The Morgan fingerprint density at radius 1 is 1.56 bits per heavy atom. The molecule has 1 aliphatic heterocycles. The lowest BCUT2D eigenvalue weighted by atomic mass is 10.4. The highest BCUT2D eigenvalue weighted by Crippen LogP contribution is 2.23. The molecule has 1 aromatic rings. The lowest BCUT2D eigenvalue weighted by Crippen LogP contribution is -2.23. The van der Waals surface area contributed by atoms with E-state index in [1.54, 1.807) is 6.20 Å². The first-order valence-electron chi connectivity index (χ1n) is 5.63. The Balaban J connectivity index is 1.90. The average molecular weight is 285 g/mol. The van der Waals surface area contributed by atoms with Crippen LogP contribution in [0.5, 0.6) is 0 Å². The van der Waals surface area contributed by atoms with Crippen LogP contribution in [0.2, 0.25) is 0 Å². The first-order valence-corrected chi connectivity index (χ1v) is 7.83. The van der Waals surface area contributed by atoms with Gasteiger partial charge in [0.25, 0.3) is 0 Å². The monoisotopic (exact) mass is 285 g/mol. The second-order valence-corrected chi connectivity index (χ2v) is 6.29. The summed E-state index contributed by atoms with van der Waals surface area (Å²) in [5, 5.41) is 3.81. The lowest BCUT2D eigenvalue weighted by molar-refractivity contribution is 0.0593. The molecule has 18 heavy (non-hydrogen) atoms. The van der Waals surface area contributed by atoms with Gasteiger partial charge in [-0.2, -0.15) is 23.5 Å². The summed E-state index contributed by atoms with van der Waals surface area (Å²) in [5.74, 6) is 3.74. The van der Waals surface area contributed by atoms with Gasteiger partial charge >= 0.3 is 5.97 Å². The molecule has 98 valence electrons. The third kappa shape index (κ3) is 3.78. The van der Waals surface area contributed by atoms with Crippen LogP contribution in [0.4, 0.5) is 5.82 Å². The molecule has 0 aromatic carbocycles. The van der Waals surface area contributed by atoms with Crippen LogP contribution in [0.25, 0.3) is 0 Å². The zero-order chi connectivity index (χ0) is 12.8. The van der Waals surface area contributed by atoms with Gasteiger partial charge in [-0.15, -0.1) is 0 Å². The highest BCUT2D eigenvalue weighted by molar-refractivity contribution is 8.06. The maximum absolute atomic E-state index is 11.3. The smallest absolute Gasteiger partial charge is 0.358 e. The van der Waals surface area contributed by atoms with E-state index < -0.39 is 5.97 Å². The lowest BCUT2D eigenvalue weighted by Gasteiger charge is -2.21. The summed E-state index contributed by atoms with van der Waals surface area (Å²) in [6.07, 6.45) is 3.02. The van der Waals surface area contributed by atoms with E-state index in [1.807, 2.05) is 23.5 Å². The van der Waals surface area contributed by atoms with Crippen molar-refractivity contribution in [2.75, 3.05) is 36.2 Å². The minimum absolute atomic E-state index is 0.230. The molecular weight excluding hydrogens is 270 g/mol. The molecule has 1 unspecified atom stereocenters. The number of nitrogens with zero attached hydrogens (tertiary/aromatic N) is 2. The van der Waals surface area contributed by atoms with E-state index in [9.17, 15) is 4.79 Å². The highest BCUT2D eigenvalue weighted by atomic mass is 32.2. The van der Waals surface area contributed by atoms with Gasteiger partial charge in [-0.1, -0.05) is 0 Å². The summed E-state index contributed by atoms with van der Waals surface area (Å²) in [4.78, 5) is 19.5. The normalized spacial score (nSPS) is 19.3. The Bertz CT molecular complexity index is 411. The first kappa shape index (κ1) is 13.5. The van der Waals surface area contributed by atoms with E-state index in [1.165, 1.54) is 24.8 Å². The number of esters is 1. The number of hydrogen-bond acceptors (Lipinski definition) is 7. The fourth-order valence-corrected chi connectivity index (χ4v) is 4.14. The molecule has 0 saturated carbocycles. The van der Waals surface area contributed by atoms with Crippen molar-refractivity contribution in [3.63, 3.8) is 0 Å². The van der Waals surface area contributed by atoms with Gasteiger partial charge in [0.15, 0.2) is 5.69 Å². The molecule has 2 rings (SSSR count). The van der Waals surface area contributed by atoms with Crippen molar-refractivity contribution in [2.24, 2.45) is 0 Å². The standard InChI is InChI=1S/C11H15N3O2S2/c1-16-11(15)9-5-12-6-10(14-9)13-4-8-7-17-2-3-18-8/h5-6,8H,2-4,7H2,1H3,(H,13,14). The van der Waals surface area contributed by atoms with Crippen LogP contribution in [-0.2, 0) is 4.74 Å². The fourth-order valence-electron chi connectivity index (χ4n) is 1.53. The van der Waals surface area contributed by atoms with Crippen molar-refractivity contribution in [1.82, 2.24) is 9.97 Å². The summed E-state index contributed by atoms with van der Waals surface area (Å²) < 4.78 is 4.61. The molecule has 5 nitrogen and oxygen atoms in total. The molecule has 2 heterocycles. The summed E-state index contributed by atoms with van der Waals surface area (Å²) in [5.41, 5.74) is 0.230. The van der Waals surface area contributed by atoms with E-state index in [-0.39, 0.29) is 5.69 Å². The topological polar surface area (TPSA) is 64.1 Å². The Morgan fingerprint density at radius 2 is 2.44 bits per heavy atom. The summed E-state index contributed by atoms with van der Waals surface area (Å²) in [6.45, 7) is 0.844. The molecule has 1 N–H and O–H groups in total. The minimum atomic E-state index is -0.464. The zero-order valence-corrected chi connectivity index (χ0v) is 11.7. The Hall–Kier alpha value is -0.950. The van der Waals surface area contributed by atoms with Gasteiger partial charge in [-0.05, 0) is 0 Å². The molecule has 7 heteroatoms. The van der Waals surface area contributed by atoms with E-state index in [2.05, 4.69) is 20.0 Å². The fraction of sp³-hybridized carbons (Fsp3) is 0.545. The van der Waals surface area contributed by atoms with Crippen molar-refractivity contribution in [3.05, 3.63) is 18.1 Å². The number of nitrogens with one attached hydrogen (secondary N) is 1. The van der Waals surface area contributed by atoms with Crippen molar-refractivity contribution in [2.45, 2.75) is 5.25 Å². The number of carbonyl (C=O) groups is 1. The summed E-state index contributed by atoms with van der Waals surface area (Å²) in [6, 6.07) is 0. The number of anilines is 1. The predicted octanol–water partition coefficient (Wildman–Crippen LogP) is 1.52. The van der Waals surface area contributed by atoms with Crippen LogP contribution in [-0.4, -0.2) is 52.1 Å². The second kappa shape index (κ2) is 6.84. The van der Waals surface area contributed by atoms with Gasteiger partial charge in [0.1, 0.15) is 5.82 Å². The van der Waals surface area contributed by atoms with Crippen molar-refractivity contribution >= 4 is 35.3 Å². The molecule has 0 amide bonds. The molecule has 1 aromatic heterocycles. The van der Waals surface area contributed by atoms with Crippen LogP contribution in [0.3, 0.4) is 0 Å². The molecule has 1 saturated heterocycles. The van der Waals surface area contributed by atoms with E-state index in [4.69, 9.17) is 0 Å². The average Bonchev–Trinajstić information content (AvgIpc) is 2.45. The van der Waals surface area contributed by atoms with Crippen molar-refractivity contribution in [1.29, 1.82) is 0 Å². The maximum Gasteiger partial charge on any atom is 0.358 e. The van der Waals surface area contributed by atoms with Gasteiger partial charge in [-0.25, -0.2) is 9.78 Å². The quantitative estimate of drug-likeness (QED) is 0.841. The number of thioether (sulfide) groups is 2. The summed E-state index contributed by atoms with van der Waals surface area (Å²) in [7, 11) is 1.33. The third-order valence-corrected chi connectivity index (χ3v) is 5.27. The van der Waals surface area contributed by atoms with Crippen molar-refractivity contribution in [3.8, 4) is 0 Å². The molecule has 1 atom stereocenters. The number of methoxy groups -OCH3 is 1. The number of ether oxygens (including phenoxy) is 1. The van der Waals surface area contributed by atoms with E-state index in [0.717, 1.165) is 12.3 Å². The SMILES string of the molecule is COC(=O)c1cncc(NCC2CSCCS2)n1. The Kier molecular flexibility index (Phi) is 5.12. The van der Waals surface area contributed by atoms with Gasteiger partial charge < -0.3 is 10.1 Å².